The average molecular weight is 531 g/mol. The van der Waals surface area contributed by atoms with Crippen LogP contribution in [0.15, 0.2) is 56.6 Å². The van der Waals surface area contributed by atoms with Crippen molar-refractivity contribution < 1.29 is 22.3 Å². The molecule has 2 heterocycles. The van der Waals surface area contributed by atoms with Crippen LogP contribution in [0.1, 0.15) is 45.1 Å². The molecular formula is C28H38N2O6S. The topological polar surface area (TPSA) is 89.3 Å². The number of hydrogen-bond acceptors (Lipinski definition) is 7. The molecule has 3 rings (SSSR count). The zero-order valence-corrected chi connectivity index (χ0v) is 23.0. The minimum absolute atomic E-state index is 0.110. The SMILES string of the molecule is C\C=C(/C=c1/ccc(=O)o/c1=C/C)S(=O)(=O)N1CCCCC(N(COC)c2ccccc2COC)CC1. The molecule has 0 spiro atoms. The molecule has 8 nitrogen and oxygen atoms in total. The summed E-state index contributed by atoms with van der Waals surface area (Å²) in [6.45, 7) is 5.19. The fourth-order valence-corrected chi connectivity index (χ4v) is 6.33. The Kier molecular flexibility index (Phi) is 10.7. The summed E-state index contributed by atoms with van der Waals surface area (Å²) in [6, 6.07) is 11.1. The number of anilines is 1. The van der Waals surface area contributed by atoms with Crippen LogP contribution in [-0.4, -0.2) is 52.8 Å². The summed E-state index contributed by atoms with van der Waals surface area (Å²) in [5.74, 6) is 0. The Morgan fingerprint density at radius 3 is 2.57 bits per heavy atom. The van der Waals surface area contributed by atoms with Crippen LogP contribution in [-0.2, 0) is 26.1 Å². The molecule has 1 aromatic heterocycles. The highest BCUT2D eigenvalue weighted by atomic mass is 32.2. The van der Waals surface area contributed by atoms with Crippen molar-refractivity contribution in [2.75, 3.05) is 38.9 Å². The van der Waals surface area contributed by atoms with Crippen LogP contribution in [0, 0.1) is 0 Å². The van der Waals surface area contributed by atoms with Crippen LogP contribution < -0.4 is 21.2 Å². The highest BCUT2D eigenvalue weighted by Crippen LogP contribution is 2.29. The van der Waals surface area contributed by atoms with E-state index in [1.165, 1.54) is 6.07 Å². The van der Waals surface area contributed by atoms with Crippen LogP contribution in [0.25, 0.3) is 12.2 Å². The highest BCUT2D eigenvalue weighted by molar-refractivity contribution is 7.93. The summed E-state index contributed by atoms with van der Waals surface area (Å²) >= 11 is 0. The van der Waals surface area contributed by atoms with Gasteiger partial charge in [-0.2, -0.15) is 4.31 Å². The first kappa shape index (κ1) is 28.8. The van der Waals surface area contributed by atoms with E-state index < -0.39 is 15.6 Å². The molecule has 0 amide bonds. The van der Waals surface area contributed by atoms with Gasteiger partial charge in [0.1, 0.15) is 12.1 Å². The molecule has 9 heteroatoms. The summed E-state index contributed by atoms with van der Waals surface area (Å²) in [6.07, 6.45) is 8.09. The second kappa shape index (κ2) is 13.7. The van der Waals surface area contributed by atoms with Crippen molar-refractivity contribution in [2.45, 2.75) is 52.2 Å². The maximum atomic E-state index is 13.7. The Hall–Kier alpha value is -2.72. The Balaban J connectivity index is 1.90. The number of sulfonamides is 1. The van der Waals surface area contributed by atoms with Crippen molar-refractivity contribution in [2.24, 2.45) is 0 Å². The van der Waals surface area contributed by atoms with Gasteiger partial charge in [-0.1, -0.05) is 30.7 Å². The molecule has 0 radical (unpaired) electrons. The lowest BCUT2D eigenvalue weighted by Gasteiger charge is -2.37. The number of para-hydroxylation sites is 1. The average Bonchev–Trinajstić information content (AvgIpc) is 2.87. The van der Waals surface area contributed by atoms with Gasteiger partial charge in [-0.15, -0.1) is 0 Å². The van der Waals surface area contributed by atoms with Crippen molar-refractivity contribution in [3.63, 3.8) is 0 Å². The third kappa shape index (κ3) is 7.19. The van der Waals surface area contributed by atoms with E-state index in [0.717, 1.165) is 30.5 Å². The zero-order valence-electron chi connectivity index (χ0n) is 22.2. The van der Waals surface area contributed by atoms with Crippen molar-refractivity contribution in [1.82, 2.24) is 4.31 Å². The molecule has 0 bridgehead atoms. The van der Waals surface area contributed by atoms with Crippen LogP contribution in [0.3, 0.4) is 0 Å². The van der Waals surface area contributed by atoms with Crippen molar-refractivity contribution in [3.05, 3.63) is 74.0 Å². The maximum absolute atomic E-state index is 13.7. The maximum Gasteiger partial charge on any atom is 0.336 e. The molecule has 2 aromatic rings. The first-order valence-corrected chi connectivity index (χ1v) is 14.1. The quantitative estimate of drug-likeness (QED) is 0.461. The van der Waals surface area contributed by atoms with E-state index in [0.29, 0.717) is 43.5 Å². The van der Waals surface area contributed by atoms with Crippen molar-refractivity contribution in [3.8, 4) is 0 Å². The summed E-state index contributed by atoms with van der Waals surface area (Å²) < 4.78 is 45.2. The lowest BCUT2D eigenvalue weighted by atomic mass is 10.0. The minimum Gasteiger partial charge on any atom is -0.423 e. The molecule has 202 valence electrons. The summed E-state index contributed by atoms with van der Waals surface area (Å²) in [5, 5.41) is 0.546. The Morgan fingerprint density at radius 1 is 1.08 bits per heavy atom. The standard InChI is InChI=1S/C28H38N2O6S/c1-5-25(19-22-14-15-28(31)36-27(22)6-2)37(32,33)29-17-10-9-12-24(16-18-29)30(21-35-4)26-13-8-7-11-23(26)20-34-3/h5-8,11,13-15,19,24H,9-10,12,16-18,20-21H2,1-4H3/b22-19-,25-5+,27-6+. The van der Waals surface area contributed by atoms with E-state index in [1.54, 1.807) is 56.7 Å². The molecule has 1 fully saturated rings. The van der Waals surface area contributed by atoms with Gasteiger partial charge in [0.25, 0.3) is 0 Å². The van der Waals surface area contributed by atoms with Crippen molar-refractivity contribution >= 4 is 27.9 Å². The first-order valence-electron chi connectivity index (χ1n) is 12.6. The minimum atomic E-state index is -3.75. The van der Waals surface area contributed by atoms with Crippen LogP contribution >= 0.6 is 0 Å². The largest absolute Gasteiger partial charge is 0.423 e. The fraction of sp³-hybridized carbons (Fsp3) is 0.464. The van der Waals surface area contributed by atoms with E-state index in [9.17, 15) is 13.2 Å². The molecule has 37 heavy (non-hydrogen) atoms. The number of hydrogen-bond donors (Lipinski definition) is 0. The molecule has 0 aliphatic carbocycles. The molecule has 1 aromatic carbocycles. The Bertz CT molecular complexity index is 1350. The van der Waals surface area contributed by atoms with Gasteiger partial charge in [0.2, 0.25) is 10.0 Å². The van der Waals surface area contributed by atoms with E-state index >= 15 is 0 Å². The summed E-state index contributed by atoms with van der Waals surface area (Å²) in [5.41, 5.74) is 1.98. The molecule has 1 saturated heterocycles. The van der Waals surface area contributed by atoms with Gasteiger partial charge in [-0.05, 0) is 57.4 Å². The van der Waals surface area contributed by atoms with Gasteiger partial charge in [0.15, 0.2) is 0 Å². The van der Waals surface area contributed by atoms with Crippen molar-refractivity contribution in [1.29, 1.82) is 0 Å². The number of allylic oxidation sites excluding steroid dienone is 2. The molecule has 1 aliphatic heterocycles. The molecule has 1 atom stereocenters. The zero-order chi connectivity index (χ0) is 26.8. The monoisotopic (exact) mass is 530 g/mol. The first-order chi connectivity index (χ1) is 17.8. The predicted octanol–water partition coefficient (Wildman–Crippen LogP) is 2.96. The molecule has 1 aliphatic rings. The smallest absolute Gasteiger partial charge is 0.336 e. The van der Waals surface area contributed by atoms with Crippen LogP contribution in [0.5, 0.6) is 0 Å². The molecule has 1 unspecified atom stereocenters. The van der Waals surface area contributed by atoms with E-state index in [-0.39, 0.29) is 10.9 Å². The summed E-state index contributed by atoms with van der Waals surface area (Å²) in [4.78, 5) is 14.0. The second-order valence-electron chi connectivity index (χ2n) is 8.99. The third-order valence-electron chi connectivity index (χ3n) is 6.59. The Labute approximate surface area is 219 Å². The van der Waals surface area contributed by atoms with Gasteiger partial charge in [-0.25, -0.2) is 13.2 Å². The molecule has 0 saturated carbocycles. The second-order valence-corrected chi connectivity index (χ2v) is 10.9. The number of ether oxygens (including phenoxy) is 2. The van der Waals surface area contributed by atoms with E-state index in [2.05, 4.69) is 11.0 Å². The lowest BCUT2D eigenvalue weighted by molar-refractivity contribution is 0.175. The van der Waals surface area contributed by atoms with Crippen LogP contribution in [0.4, 0.5) is 5.69 Å². The molecular weight excluding hydrogens is 492 g/mol. The predicted molar refractivity (Wildman–Crippen MR) is 147 cm³/mol. The van der Waals surface area contributed by atoms with Gasteiger partial charge in [0, 0.05) is 55.9 Å². The normalized spacial score (nSPS) is 19.0. The molecule has 0 N–H and O–H groups in total. The number of benzene rings is 1. The van der Waals surface area contributed by atoms with Gasteiger partial charge >= 0.3 is 5.63 Å². The fourth-order valence-electron chi connectivity index (χ4n) is 4.74. The number of methoxy groups -OCH3 is 2. The van der Waals surface area contributed by atoms with E-state index in [1.807, 2.05) is 18.2 Å². The van der Waals surface area contributed by atoms with Gasteiger partial charge < -0.3 is 18.8 Å². The number of rotatable bonds is 9. The van der Waals surface area contributed by atoms with Gasteiger partial charge in [-0.3, -0.25) is 0 Å². The van der Waals surface area contributed by atoms with E-state index in [4.69, 9.17) is 13.9 Å². The Morgan fingerprint density at radius 2 is 1.86 bits per heavy atom. The highest BCUT2D eigenvalue weighted by Gasteiger charge is 2.29. The van der Waals surface area contributed by atoms with Gasteiger partial charge in [0.05, 0.1) is 11.5 Å². The van der Waals surface area contributed by atoms with Crippen LogP contribution in [0.2, 0.25) is 0 Å². The third-order valence-corrected chi connectivity index (χ3v) is 8.59. The lowest BCUT2D eigenvalue weighted by Crippen LogP contribution is -2.43. The summed E-state index contributed by atoms with van der Waals surface area (Å²) in [7, 11) is -0.403. The number of nitrogens with zero attached hydrogens (tertiary/aromatic N) is 2.